The van der Waals surface area contributed by atoms with E-state index in [4.69, 9.17) is 0 Å². The molecule has 108 valence electrons. The number of hydrogen-bond acceptors (Lipinski definition) is 5. The number of hydrogen-bond donors (Lipinski definition) is 2. The number of nitrogens with zero attached hydrogens (tertiary/aromatic N) is 2. The summed E-state index contributed by atoms with van der Waals surface area (Å²) in [7, 11) is 0. The Morgan fingerprint density at radius 1 is 1.45 bits per heavy atom. The summed E-state index contributed by atoms with van der Waals surface area (Å²) in [6.07, 6.45) is 9.09. The third-order valence-corrected chi connectivity index (χ3v) is 3.62. The van der Waals surface area contributed by atoms with Crippen LogP contribution in [0, 0.1) is 0 Å². The summed E-state index contributed by atoms with van der Waals surface area (Å²) < 4.78 is 0. The summed E-state index contributed by atoms with van der Waals surface area (Å²) in [4.78, 5) is 31.5. The van der Waals surface area contributed by atoms with E-state index in [1.165, 1.54) is 6.92 Å². The third-order valence-electron chi connectivity index (χ3n) is 3.62. The Kier molecular flexibility index (Phi) is 4.79. The van der Waals surface area contributed by atoms with Gasteiger partial charge < -0.3 is 5.32 Å². The van der Waals surface area contributed by atoms with E-state index in [1.807, 2.05) is 0 Å². The molecule has 0 aliphatic carbocycles. The first kappa shape index (κ1) is 14.6. The van der Waals surface area contributed by atoms with Crippen molar-refractivity contribution in [3.63, 3.8) is 0 Å². The monoisotopic (exact) mass is 276 g/mol. The Labute approximate surface area is 118 Å². The van der Waals surface area contributed by atoms with Crippen LogP contribution >= 0.6 is 0 Å². The fourth-order valence-electron chi connectivity index (χ4n) is 2.64. The van der Waals surface area contributed by atoms with Gasteiger partial charge in [0.25, 0.3) is 0 Å². The van der Waals surface area contributed by atoms with Crippen LogP contribution in [-0.2, 0) is 16.0 Å². The summed E-state index contributed by atoms with van der Waals surface area (Å²) in [5.74, 6) is -0.515. The van der Waals surface area contributed by atoms with E-state index in [1.54, 1.807) is 18.6 Å². The SMILES string of the molecule is CC(=O)NC(=O)[C@]1(CCCc2cnccn2)CCCN1. The van der Waals surface area contributed by atoms with Gasteiger partial charge >= 0.3 is 0 Å². The highest BCUT2D eigenvalue weighted by molar-refractivity contribution is 5.99. The summed E-state index contributed by atoms with van der Waals surface area (Å²) in [6.45, 7) is 2.18. The number of amides is 2. The summed E-state index contributed by atoms with van der Waals surface area (Å²) >= 11 is 0. The highest BCUT2D eigenvalue weighted by Gasteiger charge is 2.40. The number of rotatable bonds is 5. The lowest BCUT2D eigenvalue weighted by atomic mass is 9.89. The zero-order valence-electron chi connectivity index (χ0n) is 11.7. The molecular weight excluding hydrogens is 256 g/mol. The van der Waals surface area contributed by atoms with E-state index < -0.39 is 5.54 Å². The lowest BCUT2D eigenvalue weighted by Crippen LogP contribution is -2.54. The topological polar surface area (TPSA) is 84.0 Å². The van der Waals surface area contributed by atoms with Crippen LogP contribution in [0.1, 0.15) is 38.3 Å². The molecule has 0 radical (unpaired) electrons. The van der Waals surface area contributed by atoms with Crippen molar-refractivity contribution in [3.05, 3.63) is 24.3 Å². The second-order valence-electron chi connectivity index (χ2n) is 5.17. The van der Waals surface area contributed by atoms with Gasteiger partial charge in [-0.25, -0.2) is 0 Å². The van der Waals surface area contributed by atoms with Gasteiger partial charge in [-0.05, 0) is 38.6 Å². The van der Waals surface area contributed by atoms with Crippen LogP contribution in [0.25, 0.3) is 0 Å². The number of carbonyl (C=O) groups is 2. The van der Waals surface area contributed by atoms with Gasteiger partial charge in [0.05, 0.1) is 11.2 Å². The van der Waals surface area contributed by atoms with Crippen LogP contribution in [0.4, 0.5) is 0 Å². The lowest BCUT2D eigenvalue weighted by Gasteiger charge is -2.27. The smallest absolute Gasteiger partial charge is 0.246 e. The zero-order chi connectivity index (χ0) is 14.4. The van der Waals surface area contributed by atoms with Crippen LogP contribution < -0.4 is 10.6 Å². The van der Waals surface area contributed by atoms with Gasteiger partial charge in [-0.1, -0.05) is 0 Å². The molecule has 0 saturated carbocycles. The maximum absolute atomic E-state index is 12.2. The fraction of sp³-hybridized carbons (Fsp3) is 0.571. The maximum Gasteiger partial charge on any atom is 0.246 e. The van der Waals surface area contributed by atoms with Crippen molar-refractivity contribution in [1.82, 2.24) is 20.6 Å². The van der Waals surface area contributed by atoms with Gasteiger partial charge in [-0.15, -0.1) is 0 Å². The quantitative estimate of drug-likeness (QED) is 0.822. The second-order valence-corrected chi connectivity index (χ2v) is 5.17. The normalized spacial score (nSPS) is 21.6. The molecule has 0 unspecified atom stereocenters. The number of carbonyl (C=O) groups excluding carboxylic acids is 2. The molecule has 0 spiro atoms. The van der Waals surface area contributed by atoms with Crippen molar-refractivity contribution < 1.29 is 9.59 Å². The molecule has 20 heavy (non-hydrogen) atoms. The van der Waals surface area contributed by atoms with E-state index in [2.05, 4.69) is 20.6 Å². The van der Waals surface area contributed by atoms with Crippen molar-refractivity contribution in [2.24, 2.45) is 0 Å². The Hall–Kier alpha value is -1.82. The van der Waals surface area contributed by atoms with Crippen LogP contribution in [0.5, 0.6) is 0 Å². The second kappa shape index (κ2) is 6.56. The Balaban J connectivity index is 1.92. The first-order valence-corrected chi connectivity index (χ1v) is 6.94. The summed E-state index contributed by atoms with van der Waals surface area (Å²) in [5, 5.41) is 5.67. The van der Waals surface area contributed by atoms with Gasteiger partial charge in [-0.2, -0.15) is 0 Å². The van der Waals surface area contributed by atoms with Gasteiger partial charge in [0.2, 0.25) is 11.8 Å². The Morgan fingerprint density at radius 3 is 2.90 bits per heavy atom. The molecule has 1 fully saturated rings. The summed E-state index contributed by atoms with van der Waals surface area (Å²) in [6, 6.07) is 0. The first-order valence-electron chi connectivity index (χ1n) is 6.94. The van der Waals surface area contributed by atoms with Crippen LogP contribution in [0.3, 0.4) is 0 Å². The minimum atomic E-state index is -0.603. The molecule has 0 bridgehead atoms. The molecule has 6 nitrogen and oxygen atoms in total. The number of aromatic nitrogens is 2. The molecule has 1 aliphatic rings. The van der Waals surface area contributed by atoms with Crippen LogP contribution in [0.15, 0.2) is 18.6 Å². The molecule has 1 saturated heterocycles. The number of aryl methyl sites for hydroxylation is 1. The number of nitrogens with one attached hydrogen (secondary N) is 2. The average molecular weight is 276 g/mol. The molecule has 2 rings (SSSR count). The van der Waals surface area contributed by atoms with Crippen molar-refractivity contribution in [2.75, 3.05) is 6.54 Å². The van der Waals surface area contributed by atoms with E-state index in [0.717, 1.165) is 37.9 Å². The van der Waals surface area contributed by atoms with Crippen LogP contribution in [0.2, 0.25) is 0 Å². The van der Waals surface area contributed by atoms with E-state index in [0.29, 0.717) is 6.42 Å². The molecule has 1 atom stereocenters. The molecule has 1 aliphatic heterocycles. The molecule has 0 aromatic carbocycles. The van der Waals surface area contributed by atoms with Crippen molar-refractivity contribution in [1.29, 1.82) is 0 Å². The van der Waals surface area contributed by atoms with E-state index in [-0.39, 0.29) is 11.8 Å². The molecule has 2 heterocycles. The highest BCUT2D eigenvalue weighted by atomic mass is 16.2. The van der Waals surface area contributed by atoms with Crippen LogP contribution in [-0.4, -0.2) is 33.9 Å². The Bertz CT molecular complexity index is 469. The molecular formula is C14H20N4O2. The van der Waals surface area contributed by atoms with Gasteiger partial charge in [0.1, 0.15) is 0 Å². The third kappa shape index (κ3) is 3.60. The van der Waals surface area contributed by atoms with Gasteiger partial charge in [0.15, 0.2) is 0 Å². The first-order chi connectivity index (χ1) is 9.62. The molecule has 1 aromatic rings. The Morgan fingerprint density at radius 2 is 2.30 bits per heavy atom. The predicted octanol–water partition coefficient (Wildman–Crippen LogP) is 0.584. The van der Waals surface area contributed by atoms with Crippen molar-refractivity contribution in [3.8, 4) is 0 Å². The predicted molar refractivity (Wildman–Crippen MR) is 73.8 cm³/mol. The van der Waals surface area contributed by atoms with E-state index in [9.17, 15) is 9.59 Å². The van der Waals surface area contributed by atoms with Crippen molar-refractivity contribution >= 4 is 11.8 Å². The fourth-order valence-corrected chi connectivity index (χ4v) is 2.64. The minimum Gasteiger partial charge on any atom is -0.303 e. The molecule has 2 amide bonds. The van der Waals surface area contributed by atoms with Crippen molar-refractivity contribution in [2.45, 2.75) is 44.6 Å². The minimum absolute atomic E-state index is 0.207. The van der Waals surface area contributed by atoms with Gasteiger partial charge in [-0.3, -0.25) is 24.9 Å². The molecule has 6 heteroatoms. The standard InChI is InChI=1S/C14H20N4O2/c1-11(19)18-13(20)14(6-3-7-17-14)5-2-4-12-10-15-8-9-16-12/h8-10,17H,2-7H2,1H3,(H,18,19,20)/t14-/m0/s1. The van der Waals surface area contributed by atoms with Gasteiger partial charge in [0, 0.05) is 25.5 Å². The summed E-state index contributed by atoms with van der Waals surface area (Å²) in [5.41, 5.74) is 0.320. The molecule has 2 N–H and O–H groups in total. The zero-order valence-corrected chi connectivity index (χ0v) is 11.7. The molecule has 1 aromatic heterocycles. The lowest BCUT2D eigenvalue weighted by molar-refractivity contribution is -0.133. The highest BCUT2D eigenvalue weighted by Crippen LogP contribution is 2.25. The largest absolute Gasteiger partial charge is 0.303 e. The maximum atomic E-state index is 12.2. The average Bonchev–Trinajstić information content (AvgIpc) is 2.89. The number of imide groups is 1. The van der Waals surface area contributed by atoms with E-state index >= 15 is 0 Å².